The topological polar surface area (TPSA) is 96.5 Å². The Hall–Kier alpha value is -1.16. The number of hydrogen-bond donors (Lipinski definition) is 2. The van der Waals surface area contributed by atoms with E-state index in [1.54, 1.807) is 0 Å². The van der Waals surface area contributed by atoms with Crippen LogP contribution in [0.1, 0.15) is 0 Å². The molecule has 0 saturated carbocycles. The van der Waals surface area contributed by atoms with Crippen LogP contribution in [0.15, 0.2) is 0 Å². The highest BCUT2D eigenvalue weighted by Crippen LogP contribution is 1.95. The molecule has 7 heteroatoms. The maximum Gasteiger partial charge on any atom is 0.398 e. The molecule has 0 aliphatic carbocycles. The van der Waals surface area contributed by atoms with Crippen LogP contribution >= 0.6 is 8.69 Å². The number of nitrogens with one attached hydrogen (secondary N) is 1. The molecule has 0 atom stereocenters. The van der Waals surface area contributed by atoms with Crippen LogP contribution in [0.25, 0.3) is 0 Å². The summed E-state index contributed by atoms with van der Waals surface area (Å²) in [6, 6.07) is 0. The molecule has 11 heavy (non-hydrogen) atoms. The average molecular weight is 177 g/mol. The summed E-state index contributed by atoms with van der Waals surface area (Å²) in [6.07, 6.45) is 0. The summed E-state index contributed by atoms with van der Waals surface area (Å²) in [4.78, 5) is 11.7. The number of hydrogen-bond acceptors (Lipinski definition) is 4. The van der Waals surface area contributed by atoms with Gasteiger partial charge in [0.25, 0.3) is 0 Å². The van der Waals surface area contributed by atoms with Gasteiger partial charge in [0.05, 0.1) is 0 Å². The summed E-state index contributed by atoms with van der Waals surface area (Å²) in [6.45, 7) is -0.176. The molecule has 0 rings (SSSR count). The molecule has 0 aromatic heterocycles. The third kappa shape index (κ3) is 4.27. The highest BCUT2D eigenvalue weighted by Gasteiger charge is 2.07. The van der Waals surface area contributed by atoms with Gasteiger partial charge in [-0.1, -0.05) is 0 Å². The average Bonchev–Trinajstić information content (AvgIpc) is 1.87. The number of likely N-dealkylation sites (N-methyl/N-ethyl adjacent to an activating group) is 1. The van der Waals surface area contributed by atoms with Crippen molar-refractivity contribution in [3.8, 4) is 0 Å². The molecule has 0 amide bonds. The van der Waals surface area contributed by atoms with Gasteiger partial charge in [-0.2, -0.15) is 0 Å². The van der Waals surface area contributed by atoms with Gasteiger partial charge in [-0.3, -0.25) is 5.41 Å². The molecule has 3 N–H and O–H groups in total. The van der Waals surface area contributed by atoms with E-state index in [1.807, 2.05) is 0 Å². The smallest absolute Gasteiger partial charge is 0.371 e. The van der Waals surface area contributed by atoms with Crippen molar-refractivity contribution in [3.63, 3.8) is 0 Å². The monoisotopic (exact) mass is 177 g/mol. The number of nitrogens with zero attached hydrogens (tertiary/aromatic N) is 1. The highest BCUT2D eigenvalue weighted by molar-refractivity contribution is 7.18. The van der Waals surface area contributed by atoms with Crippen LogP contribution in [-0.4, -0.2) is 30.4 Å². The Balaban J connectivity index is 3.74. The second kappa shape index (κ2) is 4.62. The summed E-state index contributed by atoms with van der Waals surface area (Å²) in [5, 5.41) is 6.84. The summed E-state index contributed by atoms with van der Waals surface area (Å²) in [5.41, 5.74) is 5.00. The predicted octanol–water partition coefficient (Wildman–Crippen LogP) is -0.438. The number of carbonyl (C=O) groups is 1. The minimum Gasteiger partial charge on any atom is -0.371 e. The van der Waals surface area contributed by atoms with Crippen molar-refractivity contribution < 1.29 is 13.9 Å². The molecule has 0 heterocycles. The molecule has 62 valence electrons. The Bertz CT molecular complexity index is 183. The first-order valence-electron chi connectivity index (χ1n) is 2.65. The zero-order chi connectivity index (χ0) is 8.85. The van der Waals surface area contributed by atoms with Crippen LogP contribution in [0.2, 0.25) is 0 Å². The van der Waals surface area contributed by atoms with Crippen LogP contribution in [0.5, 0.6) is 0 Å². The summed E-state index contributed by atoms with van der Waals surface area (Å²) >= 11 is 0. The Labute approximate surface area is 65.1 Å². The lowest BCUT2D eigenvalue weighted by Gasteiger charge is -2.13. The van der Waals surface area contributed by atoms with E-state index < -0.39 is 14.7 Å². The van der Waals surface area contributed by atoms with E-state index >= 15 is 0 Å². The summed E-state index contributed by atoms with van der Waals surface area (Å²) < 4.78 is 13.8. The molecule has 0 saturated heterocycles. The SMILES string of the molecule is CN(CC(=O)OP=O)C(=N)N. The lowest BCUT2D eigenvalue weighted by Crippen LogP contribution is -2.36. The maximum absolute atomic E-state index is 10.5. The van der Waals surface area contributed by atoms with Crippen molar-refractivity contribution in [2.75, 3.05) is 13.6 Å². The molecule has 0 radical (unpaired) electrons. The fraction of sp³-hybridized carbons (Fsp3) is 0.500. The van der Waals surface area contributed by atoms with Gasteiger partial charge in [-0.15, -0.1) is 0 Å². The fourth-order valence-corrected chi connectivity index (χ4v) is 0.490. The molecule has 0 fully saturated rings. The Morgan fingerprint density at radius 3 is 2.73 bits per heavy atom. The predicted molar refractivity (Wildman–Crippen MR) is 38.2 cm³/mol. The number of rotatable bonds is 3. The molecule has 0 aliphatic rings. The first kappa shape index (κ1) is 9.84. The zero-order valence-electron chi connectivity index (χ0n) is 5.90. The largest absolute Gasteiger partial charge is 0.398 e. The molecule has 0 aromatic carbocycles. The molecule has 6 nitrogen and oxygen atoms in total. The molecule has 0 aromatic rings. The third-order valence-corrected chi connectivity index (χ3v) is 1.19. The normalized spacial score (nSPS) is 9.18. The van der Waals surface area contributed by atoms with E-state index in [9.17, 15) is 9.36 Å². The fourth-order valence-electron chi connectivity index (χ4n) is 0.349. The van der Waals surface area contributed by atoms with Crippen molar-refractivity contribution in [1.82, 2.24) is 4.90 Å². The van der Waals surface area contributed by atoms with Crippen LogP contribution in [0, 0.1) is 5.41 Å². The standard InChI is InChI=1S/C4H8N3O3P/c1-7(4(5)6)2-3(8)10-11-9/h2H2,1H3,(H3,5,6). The quantitative estimate of drug-likeness (QED) is 0.346. The van der Waals surface area contributed by atoms with E-state index in [-0.39, 0.29) is 12.5 Å². The number of guanidine groups is 1. The van der Waals surface area contributed by atoms with Gasteiger partial charge in [0, 0.05) is 7.05 Å². The van der Waals surface area contributed by atoms with E-state index in [2.05, 4.69) is 4.52 Å². The van der Waals surface area contributed by atoms with Crippen molar-refractivity contribution in [1.29, 1.82) is 5.41 Å². The molecule has 0 aliphatic heterocycles. The zero-order valence-corrected chi connectivity index (χ0v) is 6.80. The maximum atomic E-state index is 10.5. The van der Waals surface area contributed by atoms with Crippen LogP contribution in [0.3, 0.4) is 0 Å². The van der Waals surface area contributed by atoms with Gasteiger partial charge in [0.2, 0.25) is 0 Å². The second-order valence-electron chi connectivity index (χ2n) is 1.78. The van der Waals surface area contributed by atoms with Crippen molar-refractivity contribution in [2.24, 2.45) is 5.73 Å². The lowest BCUT2D eigenvalue weighted by molar-refractivity contribution is -0.133. The van der Waals surface area contributed by atoms with E-state index in [4.69, 9.17) is 11.1 Å². The van der Waals surface area contributed by atoms with Crippen LogP contribution in [-0.2, 0) is 13.9 Å². The van der Waals surface area contributed by atoms with Crippen LogP contribution in [0.4, 0.5) is 0 Å². The Morgan fingerprint density at radius 2 is 2.36 bits per heavy atom. The number of nitrogens with two attached hydrogens (primary N) is 1. The summed E-state index contributed by atoms with van der Waals surface area (Å²) in [7, 11) is 0.760. The minimum atomic E-state index is -0.695. The second-order valence-corrected chi connectivity index (χ2v) is 2.11. The molecule has 0 spiro atoms. The van der Waals surface area contributed by atoms with Gasteiger partial charge in [-0.05, 0) is 0 Å². The molecular formula is C4H8N3O3P. The van der Waals surface area contributed by atoms with Gasteiger partial charge in [0.15, 0.2) is 5.96 Å². The minimum absolute atomic E-state index is 0.176. The van der Waals surface area contributed by atoms with Gasteiger partial charge in [-0.25, -0.2) is 9.36 Å². The van der Waals surface area contributed by atoms with Crippen molar-refractivity contribution >= 4 is 20.6 Å². The Kier molecular flexibility index (Phi) is 4.14. The van der Waals surface area contributed by atoms with E-state index in [0.29, 0.717) is 0 Å². The summed E-state index contributed by atoms with van der Waals surface area (Å²) in [5.74, 6) is -0.941. The van der Waals surface area contributed by atoms with Crippen molar-refractivity contribution in [3.05, 3.63) is 0 Å². The van der Waals surface area contributed by atoms with Gasteiger partial charge < -0.3 is 15.2 Å². The van der Waals surface area contributed by atoms with Gasteiger partial charge in [0.1, 0.15) is 6.54 Å². The van der Waals surface area contributed by atoms with Crippen LogP contribution < -0.4 is 5.73 Å². The first-order valence-corrected chi connectivity index (χ1v) is 3.38. The van der Waals surface area contributed by atoms with E-state index in [0.717, 1.165) is 4.90 Å². The Morgan fingerprint density at radius 1 is 1.82 bits per heavy atom. The molecule has 0 bridgehead atoms. The van der Waals surface area contributed by atoms with Crippen molar-refractivity contribution in [2.45, 2.75) is 0 Å². The lowest BCUT2D eigenvalue weighted by atomic mass is 10.6. The third-order valence-electron chi connectivity index (χ3n) is 0.917. The first-order chi connectivity index (χ1) is 5.07. The highest BCUT2D eigenvalue weighted by atomic mass is 31.1. The van der Waals surface area contributed by atoms with E-state index in [1.165, 1.54) is 7.05 Å². The molecule has 0 unspecified atom stereocenters. The van der Waals surface area contributed by atoms with Gasteiger partial charge >= 0.3 is 14.7 Å². The number of carbonyl (C=O) groups excluding carboxylic acids is 1. The molecular weight excluding hydrogens is 169 g/mol.